The molecule has 5 heteroatoms. The quantitative estimate of drug-likeness (QED) is 0.909. The van der Waals surface area contributed by atoms with Crippen molar-refractivity contribution in [1.29, 1.82) is 0 Å². The highest BCUT2D eigenvalue weighted by Gasteiger charge is 2.30. The van der Waals surface area contributed by atoms with E-state index in [0.717, 1.165) is 36.0 Å². The molecule has 0 radical (unpaired) electrons. The summed E-state index contributed by atoms with van der Waals surface area (Å²) in [5.74, 6) is 0.884. The summed E-state index contributed by atoms with van der Waals surface area (Å²) in [7, 11) is 0. The summed E-state index contributed by atoms with van der Waals surface area (Å²) in [5, 5.41) is 2.94. The lowest BCUT2D eigenvalue weighted by molar-refractivity contribution is -0.120. The van der Waals surface area contributed by atoms with E-state index in [1.54, 1.807) is 0 Å². The highest BCUT2D eigenvalue weighted by molar-refractivity contribution is 5.94. The van der Waals surface area contributed by atoms with Gasteiger partial charge in [-0.05, 0) is 31.0 Å². The number of aromatic nitrogens is 1. The zero-order chi connectivity index (χ0) is 15.0. The molecule has 5 nitrogen and oxygen atoms in total. The molecule has 1 heterocycles. The Kier molecular flexibility index (Phi) is 3.68. The number of carbonyl (C=O) groups excluding carboxylic acids is 1. The van der Waals surface area contributed by atoms with Gasteiger partial charge in [0.1, 0.15) is 5.52 Å². The summed E-state index contributed by atoms with van der Waals surface area (Å²) in [6.07, 6.45) is 2.83. The molecule has 1 aromatic carbocycles. The van der Waals surface area contributed by atoms with Crippen LogP contribution >= 0.6 is 0 Å². The molecule has 1 fully saturated rings. The van der Waals surface area contributed by atoms with Gasteiger partial charge in [0, 0.05) is 17.6 Å². The van der Waals surface area contributed by atoms with Crippen LogP contribution in [0.2, 0.25) is 0 Å². The topological polar surface area (TPSA) is 81.2 Å². The molecule has 2 aromatic rings. The largest absolute Gasteiger partial charge is 0.440 e. The number of amides is 1. The lowest BCUT2D eigenvalue weighted by Gasteiger charge is -2.14. The summed E-state index contributed by atoms with van der Waals surface area (Å²) in [4.78, 5) is 16.7. The van der Waals surface area contributed by atoms with Crippen LogP contribution in [0.15, 0.2) is 22.6 Å². The van der Waals surface area contributed by atoms with Crippen molar-refractivity contribution in [3.63, 3.8) is 0 Å². The second-order valence-electron chi connectivity index (χ2n) is 6.08. The van der Waals surface area contributed by atoms with Gasteiger partial charge in [-0.1, -0.05) is 20.3 Å². The molecule has 1 saturated carbocycles. The van der Waals surface area contributed by atoms with Crippen molar-refractivity contribution in [2.24, 2.45) is 11.7 Å². The molecule has 3 N–H and O–H groups in total. The Morgan fingerprint density at radius 2 is 2.24 bits per heavy atom. The van der Waals surface area contributed by atoms with Crippen molar-refractivity contribution in [3.8, 4) is 0 Å². The third-order valence-electron chi connectivity index (χ3n) is 4.07. The Morgan fingerprint density at radius 1 is 1.43 bits per heavy atom. The number of benzene rings is 1. The average Bonchev–Trinajstić information content (AvgIpc) is 3.04. The normalized spacial score (nSPS) is 22.1. The standard InChI is InChI=1S/C16H21N3O2/c1-9(2)16-19-13-8-10(6-7-14(13)21-16)18-15(20)11-4-3-5-12(11)17/h6-9,11-12H,3-5,17H2,1-2H3,(H,18,20). The lowest BCUT2D eigenvalue weighted by atomic mass is 10.0. The number of anilines is 1. The van der Waals surface area contributed by atoms with Crippen LogP contribution in [0.1, 0.15) is 44.9 Å². The Bertz CT molecular complexity index is 663. The van der Waals surface area contributed by atoms with Gasteiger partial charge in [-0.25, -0.2) is 4.98 Å². The van der Waals surface area contributed by atoms with Gasteiger partial charge in [-0.2, -0.15) is 0 Å². The van der Waals surface area contributed by atoms with E-state index in [0.29, 0.717) is 5.89 Å². The SMILES string of the molecule is CC(C)c1nc2cc(NC(=O)C3CCCC3N)ccc2o1. The maximum Gasteiger partial charge on any atom is 0.229 e. The van der Waals surface area contributed by atoms with Crippen molar-refractivity contribution in [2.75, 3.05) is 5.32 Å². The van der Waals surface area contributed by atoms with Crippen LogP contribution in [0.3, 0.4) is 0 Å². The number of nitrogens with one attached hydrogen (secondary N) is 1. The molecule has 112 valence electrons. The molecular formula is C16H21N3O2. The van der Waals surface area contributed by atoms with Gasteiger partial charge in [0.25, 0.3) is 0 Å². The van der Waals surface area contributed by atoms with Crippen LogP contribution in [0.25, 0.3) is 11.1 Å². The fourth-order valence-corrected chi connectivity index (χ4v) is 2.82. The molecule has 1 aromatic heterocycles. The van der Waals surface area contributed by atoms with Crippen molar-refractivity contribution in [3.05, 3.63) is 24.1 Å². The fraction of sp³-hybridized carbons (Fsp3) is 0.500. The Morgan fingerprint density at radius 3 is 2.90 bits per heavy atom. The summed E-state index contributed by atoms with van der Waals surface area (Å²) in [6.45, 7) is 4.07. The highest BCUT2D eigenvalue weighted by atomic mass is 16.3. The van der Waals surface area contributed by atoms with Gasteiger partial charge < -0.3 is 15.5 Å². The highest BCUT2D eigenvalue weighted by Crippen LogP contribution is 2.27. The summed E-state index contributed by atoms with van der Waals surface area (Å²) < 4.78 is 5.66. The number of oxazole rings is 1. The predicted molar refractivity (Wildman–Crippen MR) is 82.0 cm³/mol. The maximum atomic E-state index is 12.2. The van der Waals surface area contributed by atoms with E-state index in [2.05, 4.69) is 10.3 Å². The molecule has 21 heavy (non-hydrogen) atoms. The molecule has 0 bridgehead atoms. The van der Waals surface area contributed by atoms with E-state index in [1.165, 1.54) is 0 Å². The van der Waals surface area contributed by atoms with E-state index >= 15 is 0 Å². The van der Waals surface area contributed by atoms with Crippen LogP contribution in [0.5, 0.6) is 0 Å². The molecule has 0 saturated heterocycles. The third-order valence-corrected chi connectivity index (χ3v) is 4.07. The molecular weight excluding hydrogens is 266 g/mol. The molecule has 2 atom stereocenters. The number of rotatable bonds is 3. The zero-order valence-corrected chi connectivity index (χ0v) is 12.4. The van der Waals surface area contributed by atoms with Gasteiger partial charge in [0.15, 0.2) is 11.5 Å². The first-order valence-electron chi connectivity index (χ1n) is 7.51. The van der Waals surface area contributed by atoms with Gasteiger partial charge in [0.05, 0.1) is 5.92 Å². The lowest BCUT2D eigenvalue weighted by Crippen LogP contribution is -2.34. The number of nitrogens with two attached hydrogens (primary N) is 1. The van der Waals surface area contributed by atoms with Crippen LogP contribution in [-0.4, -0.2) is 16.9 Å². The van der Waals surface area contributed by atoms with Crippen molar-refractivity contribution in [2.45, 2.75) is 45.1 Å². The Labute approximate surface area is 123 Å². The van der Waals surface area contributed by atoms with E-state index in [1.807, 2.05) is 32.0 Å². The zero-order valence-electron chi connectivity index (χ0n) is 12.4. The monoisotopic (exact) mass is 287 g/mol. The third kappa shape index (κ3) is 2.78. The van der Waals surface area contributed by atoms with Crippen LogP contribution < -0.4 is 11.1 Å². The smallest absolute Gasteiger partial charge is 0.229 e. The number of carbonyl (C=O) groups is 1. The number of fused-ring (bicyclic) bond motifs is 1. The van der Waals surface area contributed by atoms with E-state index < -0.39 is 0 Å². The van der Waals surface area contributed by atoms with Gasteiger partial charge in [-0.15, -0.1) is 0 Å². The van der Waals surface area contributed by atoms with E-state index in [-0.39, 0.29) is 23.8 Å². The average molecular weight is 287 g/mol. The minimum Gasteiger partial charge on any atom is -0.440 e. The predicted octanol–water partition coefficient (Wildman–Crippen LogP) is 3.02. The molecule has 3 rings (SSSR count). The maximum absolute atomic E-state index is 12.2. The molecule has 1 aliphatic carbocycles. The molecule has 0 aliphatic heterocycles. The Hall–Kier alpha value is -1.88. The van der Waals surface area contributed by atoms with Gasteiger partial charge in [0.2, 0.25) is 5.91 Å². The van der Waals surface area contributed by atoms with E-state index in [9.17, 15) is 4.79 Å². The number of hydrogen-bond donors (Lipinski definition) is 2. The Balaban J connectivity index is 1.79. The second kappa shape index (κ2) is 5.48. The van der Waals surface area contributed by atoms with Crippen molar-refractivity contribution in [1.82, 2.24) is 4.98 Å². The molecule has 1 amide bonds. The molecule has 1 aliphatic rings. The molecule has 2 unspecified atom stereocenters. The van der Waals surface area contributed by atoms with Crippen LogP contribution in [-0.2, 0) is 4.79 Å². The molecule has 0 spiro atoms. The first-order valence-corrected chi connectivity index (χ1v) is 7.51. The van der Waals surface area contributed by atoms with Crippen molar-refractivity contribution >= 4 is 22.7 Å². The second-order valence-corrected chi connectivity index (χ2v) is 6.08. The fourth-order valence-electron chi connectivity index (χ4n) is 2.82. The summed E-state index contributed by atoms with van der Waals surface area (Å²) >= 11 is 0. The minimum absolute atomic E-state index is 0.00641. The first-order chi connectivity index (χ1) is 10.0. The number of hydrogen-bond acceptors (Lipinski definition) is 4. The van der Waals surface area contributed by atoms with Crippen molar-refractivity contribution < 1.29 is 9.21 Å². The summed E-state index contributed by atoms with van der Waals surface area (Å²) in [6, 6.07) is 5.52. The summed E-state index contributed by atoms with van der Waals surface area (Å²) in [5.41, 5.74) is 8.23. The van der Waals surface area contributed by atoms with Crippen LogP contribution in [0, 0.1) is 5.92 Å². The first kappa shape index (κ1) is 14.1. The van der Waals surface area contributed by atoms with Gasteiger partial charge in [-0.3, -0.25) is 4.79 Å². The number of nitrogens with zero attached hydrogens (tertiary/aromatic N) is 1. The van der Waals surface area contributed by atoms with Gasteiger partial charge >= 0.3 is 0 Å². The minimum atomic E-state index is -0.0794. The van der Waals surface area contributed by atoms with E-state index in [4.69, 9.17) is 10.2 Å². The van der Waals surface area contributed by atoms with Crippen LogP contribution in [0.4, 0.5) is 5.69 Å².